The first kappa shape index (κ1) is 73.1. The highest BCUT2D eigenvalue weighted by atomic mass is 79.9. The third kappa shape index (κ3) is 16.1. The number of hydrogen-bond donors (Lipinski definition) is 3. The Hall–Kier alpha value is -9.27. The van der Waals surface area contributed by atoms with E-state index < -0.39 is 53.2 Å². The first-order valence-electron chi connectivity index (χ1n) is 27.4. The molecular weight excluding hydrogens is 1380 g/mol. The van der Waals surface area contributed by atoms with Gasteiger partial charge >= 0.3 is 13.2 Å². The lowest BCUT2D eigenvalue weighted by atomic mass is 9.78. The molecule has 0 aliphatic heterocycles. The quantitative estimate of drug-likeness (QED) is 0.0833. The Morgan fingerprint density at radius 2 is 1.01 bits per heavy atom. The Morgan fingerprint density at radius 1 is 0.537 bits per heavy atom. The fourth-order valence-corrected chi connectivity index (χ4v) is 10.8. The van der Waals surface area contributed by atoms with E-state index in [0.29, 0.717) is 58.7 Å². The number of fused-ring (bicyclic) bond motifs is 6. The summed E-state index contributed by atoms with van der Waals surface area (Å²) in [6.45, 7) is 5.44. The molecule has 14 rings (SSSR count). The summed E-state index contributed by atoms with van der Waals surface area (Å²) in [5, 5.41) is 34.3. The maximum absolute atomic E-state index is 13.8. The Morgan fingerprint density at radius 3 is 1.56 bits per heavy atom. The topological polar surface area (TPSA) is 219 Å². The molecule has 0 saturated heterocycles. The number of aromatic nitrogens is 12. The van der Waals surface area contributed by atoms with Gasteiger partial charge < -0.3 is 19.8 Å². The van der Waals surface area contributed by atoms with Gasteiger partial charge in [-0.25, -0.2) is 41.9 Å². The third-order valence-electron chi connectivity index (χ3n) is 13.9. The molecule has 0 radical (unpaired) electrons. The summed E-state index contributed by atoms with van der Waals surface area (Å²) in [7, 11) is 4.13. The third-order valence-corrected chi connectivity index (χ3v) is 15.4. The molecule has 0 amide bonds. The molecule has 0 atom stereocenters. The molecule has 3 N–H and O–H groups in total. The van der Waals surface area contributed by atoms with Gasteiger partial charge in [-0.2, -0.15) is 15.3 Å². The Bertz CT molecular complexity index is 5160. The number of ether oxygens (including phenoxy) is 1. The molecule has 18 nitrogen and oxygen atoms in total. The maximum atomic E-state index is 13.8. The zero-order chi connectivity index (χ0) is 66.0. The Labute approximate surface area is 570 Å². The van der Waals surface area contributed by atoms with Crippen molar-refractivity contribution in [1.29, 1.82) is 0 Å². The van der Waals surface area contributed by atoms with Crippen LogP contribution in [0.5, 0.6) is 0 Å². The van der Waals surface area contributed by atoms with Crippen LogP contribution < -0.4 is 5.46 Å². The van der Waals surface area contributed by atoms with E-state index in [1.54, 1.807) is 70.3 Å². The predicted octanol–water partition coefficient (Wildman–Crippen LogP) is 16.7. The fraction of sp³-hybridized carbons (Fsp3) is 0.149. The monoisotopic (exact) mass is 1430 g/mol. The molecule has 0 unspecified atom stereocenters. The van der Waals surface area contributed by atoms with E-state index in [4.69, 9.17) is 61.2 Å². The molecule has 28 heteroatoms. The summed E-state index contributed by atoms with van der Waals surface area (Å²) >= 11 is 26.3. The van der Waals surface area contributed by atoms with Gasteiger partial charge in [0.1, 0.15) is 17.2 Å². The summed E-state index contributed by atoms with van der Waals surface area (Å²) in [6, 6.07) is 38.6. The number of benzene rings is 8. The van der Waals surface area contributed by atoms with Crippen molar-refractivity contribution in [3.05, 3.63) is 218 Å². The minimum atomic E-state index is -1.44. The van der Waals surface area contributed by atoms with Crippen molar-refractivity contribution in [3.63, 3.8) is 0 Å². The van der Waals surface area contributed by atoms with Gasteiger partial charge in [0, 0.05) is 74.6 Å². The van der Waals surface area contributed by atoms with Crippen molar-refractivity contribution in [2.75, 3.05) is 0 Å². The largest absolute Gasteiger partial charge is 0.489 e. The summed E-state index contributed by atoms with van der Waals surface area (Å²) in [5.41, 5.74) is 8.61. The molecule has 0 spiro atoms. The number of carbonyl (C=O) groups is 3. The molecule has 490 valence electrons. The SMILES string of the molecule is C.C.C.CC(C)(C)OC(=O)n1c(Br)nc2cc(Cl)ccc21.Cn1ncc2c(-c3nc4cc(Cl)ccc4n3C(=O)c3ccc(F)c(F)c3)cccc21.Cn1ncc2c(-c3nc4ccc(Cl)cc4[nH]3)cccc21.Cn1ncc2c(B(O)O)cccc21.O=C(Cl)c1ccc(F)c(F)c1. The molecule has 0 fully saturated rings. The van der Waals surface area contributed by atoms with Gasteiger partial charge in [0.15, 0.2) is 28.0 Å². The van der Waals surface area contributed by atoms with Crippen LogP contribution in [0, 0.1) is 23.3 Å². The van der Waals surface area contributed by atoms with Gasteiger partial charge in [-0.05, 0) is 163 Å². The van der Waals surface area contributed by atoms with Crippen LogP contribution in [0.1, 0.15) is 63.8 Å². The second-order valence-electron chi connectivity index (χ2n) is 21.3. The lowest BCUT2D eigenvalue weighted by Crippen LogP contribution is -2.30. The summed E-state index contributed by atoms with van der Waals surface area (Å²) in [5.74, 6) is -3.52. The summed E-state index contributed by atoms with van der Waals surface area (Å²) < 4.78 is 65.5. The predicted molar refractivity (Wildman–Crippen MR) is 373 cm³/mol. The van der Waals surface area contributed by atoms with Crippen LogP contribution in [0.15, 0.2) is 169 Å². The first-order valence-corrected chi connectivity index (χ1v) is 29.7. The van der Waals surface area contributed by atoms with Gasteiger partial charge in [-0.1, -0.05) is 93.5 Å². The zero-order valence-electron chi connectivity index (χ0n) is 49.0. The number of rotatable bonds is 5. The van der Waals surface area contributed by atoms with E-state index in [1.807, 2.05) is 113 Å². The number of halogens is 9. The Kier molecular flexibility index (Phi) is 23.4. The first-order chi connectivity index (χ1) is 43.7. The zero-order valence-corrected chi connectivity index (χ0v) is 53.6. The van der Waals surface area contributed by atoms with Gasteiger partial charge in [0.2, 0.25) is 0 Å². The number of imidazole rings is 3. The molecule has 0 aliphatic rings. The van der Waals surface area contributed by atoms with E-state index in [0.717, 1.165) is 85.5 Å². The lowest BCUT2D eigenvalue weighted by molar-refractivity contribution is 0.0539. The van der Waals surface area contributed by atoms with Gasteiger partial charge in [0.25, 0.3) is 11.1 Å². The minimum Gasteiger partial charge on any atom is -0.443 e. The van der Waals surface area contributed by atoms with Crippen LogP contribution in [0.2, 0.25) is 15.1 Å². The summed E-state index contributed by atoms with van der Waals surface area (Å²) in [6.07, 6.45) is 4.72. The molecule has 0 saturated carbocycles. The Balaban J connectivity index is 0.000000174. The van der Waals surface area contributed by atoms with Crippen molar-refractivity contribution in [3.8, 4) is 22.8 Å². The smallest absolute Gasteiger partial charge is 0.443 e. The second-order valence-corrected chi connectivity index (χ2v) is 23.6. The highest BCUT2D eigenvalue weighted by Crippen LogP contribution is 2.34. The number of aromatic amines is 1. The van der Waals surface area contributed by atoms with Crippen LogP contribution in [-0.4, -0.2) is 98.4 Å². The molecule has 14 aromatic rings. The van der Waals surface area contributed by atoms with Crippen LogP contribution in [-0.2, 0) is 25.9 Å². The standard InChI is InChI=1S/C22H13ClF2N4O.C15H11ClN4.C12H12BrClN2O2.C8H9BN2O2.C7H3ClF2O.3CH4/c1-28-19-4-2-3-14(15(19)11-26-28)21-27-18-10-13(23)6-8-20(18)29(21)22(30)12-5-7-16(24)17(25)9-12;1-20-14-4-2-3-10(11(14)8-17-20)15-18-12-6-5-9(16)7-13(12)19-15;1-12(2,3)18-11(17)16-9-5-4-7(14)6-8(9)15-10(16)13;1-11-8-4-2-3-7(9(12)13)6(8)5-10-11;8-7(11)4-1-2-5(9)6(10)3-4;;;/h2-11H,1H3;2-8H,1H3,(H,18,19);4-6H,1-3H3;2-5,12-13H,1H3;1-3H;3*1H4. The van der Waals surface area contributed by atoms with Crippen molar-refractivity contribution in [2.45, 2.75) is 48.7 Å². The van der Waals surface area contributed by atoms with Crippen LogP contribution >= 0.6 is 62.3 Å². The van der Waals surface area contributed by atoms with Crippen molar-refractivity contribution >= 4 is 158 Å². The van der Waals surface area contributed by atoms with Crippen molar-refractivity contribution in [1.82, 2.24) is 58.4 Å². The second kappa shape index (κ2) is 30.4. The number of aryl methyl sites for hydroxylation is 3. The van der Waals surface area contributed by atoms with Crippen LogP contribution in [0.4, 0.5) is 22.4 Å². The molecule has 0 bridgehead atoms. The molecule has 6 aromatic heterocycles. The van der Waals surface area contributed by atoms with Crippen molar-refractivity contribution in [2.24, 2.45) is 21.1 Å². The van der Waals surface area contributed by atoms with E-state index in [1.165, 1.54) is 15.2 Å². The van der Waals surface area contributed by atoms with Gasteiger partial charge in [-0.15, -0.1) is 0 Å². The van der Waals surface area contributed by atoms with Crippen molar-refractivity contribution < 1.29 is 46.7 Å². The van der Waals surface area contributed by atoms with Gasteiger partial charge in [-0.3, -0.25) is 28.2 Å². The van der Waals surface area contributed by atoms with E-state index in [-0.39, 0.29) is 33.4 Å². The van der Waals surface area contributed by atoms with E-state index in [2.05, 4.69) is 51.2 Å². The normalized spacial score (nSPS) is 10.9. The van der Waals surface area contributed by atoms with Crippen LogP contribution in [0.25, 0.3) is 88.6 Å². The average Bonchev–Trinajstić information content (AvgIpc) is 1.62. The number of H-pyrrole nitrogens is 1. The average molecular weight is 1440 g/mol. The molecule has 95 heavy (non-hydrogen) atoms. The number of hydrogen-bond acceptors (Lipinski definition) is 12. The number of nitrogens with one attached hydrogen (secondary N) is 1. The number of carbonyl (C=O) groups excluding carboxylic acids is 3. The molecule has 6 heterocycles. The molecule has 0 aliphatic carbocycles. The highest BCUT2D eigenvalue weighted by Gasteiger charge is 2.25. The minimum absolute atomic E-state index is 0. The van der Waals surface area contributed by atoms with E-state index >= 15 is 0 Å². The highest BCUT2D eigenvalue weighted by molar-refractivity contribution is 9.10. The van der Waals surface area contributed by atoms with Gasteiger partial charge in [0.05, 0.1) is 68.2 Å². The molecular formula is C67H60BBrCl4F4N12O6. The number of nitrogens with zero attached hydrogens (tertiary/aromatic N) is 11. The summed E-state index contributed by atoms with van der Waals surface area (Å²) in [4.78, 5) is 52.7. The maximum Gasteiger partial charge on any atom is 0.489 e. The molecule has 8 aromatic carbocycles. The van der Waals surface area contributed by atoms with E-state index in [9.17, 15) is 31.9 Å². The fourth-order valence-electron chi connectivity index (χ4n) is 9.61. The lowest BCUT2D eigenvalue weighted by Gasteiger charge is -2.19. The van der Waals surface area contributed by atoms with Crippen LogP contribution in [0.3, 0.4) is 0 Å².